The number of methoxy groups -OCH3 is 1. The predicted molar refractivity (Wildman–Crippen MR) is 45.0 cm³/mol. The van der Waals surface area contributed by atoms with Crippen LogP contribution in [-0.2, 0) is 4.74 Å². The van der Waals surface area contributed by atoms with Crippen molar-refractivity contribution in [3.63, 3.8) is 0 Å². The highest BCUT2D eigenvalue weighted by atomic mass is 79.9. The molecule has 0 radical (unpaired) electrons. The second-order valence-electron chi connectivity index (χ2n) is 2.27. The molecular weight excluding hydrogens is 213 g/mol. The summed E-state index contributed by atoms with van der Waals surface area (Å²) in [7, 11) is 1.48. The van der Waals surface area contributed by atoms with E-state index in [9.17, 15) is 4.39 Å². The van der Waals surface area contributed by atoms with Crippen molar-refractivity contribution in [2.24, 2.45) is 5.73 Å². The number of alkyl halides is 1. The van der Waals surface area contributed by atoms with Gasteiger partial charge in [-0.3, -0.25) is 0 Å². The normalized spacial score (nSPS) is 30.9. The first-order valence-electron chi connectivity index (χ1n) is 3.17. The maximum Gasteiger partial charge on any atom is 0.142 e. The average Bonchev–Trinajstić information content (AvgIpc) is 1.96. The van der Waals surface area contributed by atoms with E-state index in [4.69, 9.17) is 10.5 Å². The fourth-order valence-corrected chi connectivity index (χ4v) is 1.37. The van der Waals surface area contributed by atoms with E-state index in [1.807, 2.05) is 0 Å². The van der Waals surface area contributed by atoms with Crippen molar-refractivity contribution in [3.05, 3.63) is 22.4 Å². The average molecular weight is 222 g/mol. The fourth-order valence-electron chi connectivity index (χ4n) is 0.888. The molecule has 0 amide bonds. The molecule has 0 aromatic carbocycles. The van der Waals surface area contributed by atoms with Crippen LogP contribution >= 0.6 is 15.9 Å². The van der Waals surface area contributed by atoms with Crippen LogP contribution in [0.1, 0.15) is 0 Å². The van der Waals surface area contributed by atoms with Crippen LogP contribution in [0, 0.1) is 0 Å². The van der Waals surface area contributed by atoms with Gasteiger partial charge in [-0.2, -0.15) is 0 Å². The first kappa shape index (κ1) is 8.74. The molecule has 4 heteroatoms. The van der Waals surface area contributed by atoms with Crippen LogP contribution in [0.5, 0.6) is 0 Å². The smallest absolute Gasteiger partial charge is 0.142 e. The van der Waals surface area contributed by atoms with Crippen LogP contribution < -0.4 is 5.73 Å². The van der Waals surface area contributed by atoms with Gasteiger partial charge in [0.2, 0.25) is 0 Å². The minimum Gasteiger partial charge on any atom is -0.499 e. The van der Waals surface area contributed by atoms with Crippen molar-refractivity contribution in [2.75, 3.05) is 7.11 Å². The zero-order chi connectivity index (χ0) is 8.43. The van der Waals surface area contributed by atoms with Gasteiger partial charge in [0.05, 0.1) is 13.2 Å². The van der Waals surface area contributed by atoms with Crippen LogP contribution in [0.4, 0.5) is 4.39 Å². The summed E-state index contributed by atoms with van der Waals surface area (Å²) in [6.07, 6.45) is 1.91. The molecule has 62 valence electrons. The number of ether oxygens (including phenoxy) is 1. The van der Waals surface area contributed by atoms with Gasteiger partial charge >= 0.3 is 0 Å². The van der Waals surface area contributed by atoms with Gasteiger partial charge in [-0.25, -0.2) is 4.39 Å². The second-order valence-corrected chi connectivity index (χ2v) is 3.19. The zero-order valence-electron chi connectivity index (χ0n) is 6.05. The molecule has 0 bridgehead atoms. The third-order valence-electron chi connectivity index (χ3n) is 1.51. The lowest BCUT2D eigenvalue weighted by atomic mass is 10.1. The third-order valence-corrected chi connectivity index (χ3v) is 2.00. The number of rotatable bonds is 1. The standard InChI is InChI=1S/C7H9BrFNO/c1-11-6-3-4(8)2-5(9)7(6)10/h2-3,5,7H,10H2,1H3. The Balaban J connectivity index is 2.84. The maximum atomic E-state index is 12.9. The van der Waals surface area contributed by atoms with E-state index in [1.165, 1.54) is 13.2 Å². The number of hydrogen-bond donors (Lipinski definition) is 1. The maximum absolute atomic E-state index is 12.9. The molecule has 2 N–H and O–H groups in total. The molecule has 0 heterocycles. The molecule has 1 aliphatic rings. The number of halogens is 2. The Morgan fingerprint density at radius 3 is 2.91 bits per heavy atom. The van der Waals surface area contributed by atoms with Gasteiger partial charge in [-0.1, -0.05) is 15.9 Å². The molecule has 0 spiro atoms. The monoisotopic (exact) mass is 221 g/mol. The zero-order valence-corrected chi connectivity index (χ0v) is 7.64. The Hall–Kier alpha value is -0.350. The van der Waals surface area contributed by atoms with E-state index in [-0.39, 0.29) is 0 Å². The van der Waals surface area contributed by atoms with Crippen LogP contribution in [0.3, 0.4) is 0 Å². The summed E-state index contributed by atoms with van der Waals surface area (Å²) in [4.78, 5) is 0. The van der Waals surface area contributed by atoms with E-state index < -0.39 is 12.2 Å². The SMILES string of the molecule is COC1=CC(Br)=CC(F)C1N. The van der Waals surface area contributed by atoms with Crippen LogP contribution in [0.25, 0.3) is 0 Å². The third kappa shape index (κ3) is 1.81. The van der Waals surface area contributed by atoms with E-state index in [2.05, 4.69) is 15.9 Å². The predicted octanol–water partition coefficient (Wildman–Crippen LogP) is 1.47. The van der Waals surface area contributed by atoms with Gasteiger partial charge in [0.15, 0.2) is 0 Å². The molecule has 2 unspecified atom stereocenters. The van der Waals surface area contributed by atoms with Crippen molar-refractivity contribution in [2.45, 2.75) is 12.2 Å². The molecular formula is C7H9BrFNO. The van der Waals surface area contributed by atoms with Gasteiger partial charge in [0.25, 0.3) is 0 Å². The summed E-state index contributed by atoms with van der Waals surface area (Å²) in [5.74, 6) is 0.465. The summed E-state index contributed by atoms with van der Waals surface area (Å²) in [6.45, 7) is 0. The van der Waals surface area contributed by atoms with E-state index in [1.54, 1.807) is 6.08 Å². The largest absolute Gasteiger partial charge is 0.499 e. The Morgan fingerprint density at radius 2 is 2.36 bits per heavy atom. The molecule has 1 rings (SSSR count). The molecule has 0 aromatic rings. The molecule has 11 heavy (non-hydrogen) atoms. The quantitative estimate of drug-likeness (QED) is 0.729. The van der Waals surface area contributed by atoms with Gasteiger partial charge < -0.3 is 10.5 Å². The van der Waals surface area contributed by atoms with Crippen molar-refractivity contribution in [3.8, 4) is 0 Å². The van der Waals surface area contributed by atoms with E-state index >= 15 is 0 Å². The number of nitrogens with two attached hydrogens (primary N) is 1. The molecule has 1 aliphatic carbocycles. The van der Waals surface area contributed by atoms with Crippen molar-refractivity contribution >= 4 is 15.9 Å². The lowest BCUT2D eigenvalue weighted by Gasteiger charge is -2.20. The lowest BCUT2D eigenvalue weighted by molar-refractivity contribution is 0.225. The molecule has 2 nitrogen and oxygen atoms in total. The summed E-state index contributed by atoms with van der Waals surface area (Å²) < 4.78 is 18.5. The highest BCUT2D eigenvalue weighted by Crippen LogP contribution is 2.22. The Bertz CT molecular complexity index is 214. The minimum absolute atomic E-state index is 0.465. The molecule has 0 saturated heterocycles. The van der Waals surface area contributed by atoms with Crippen LogP contribution in [0.2, 0.25) is 0 Å². The summed E-state index contributed by atoms with van der Waals surface area (Å²) in [5, 5.41) is 0. The topological polar surface area (TPSA) is 35.2 Å². The summed E-state index contributed by atoms with van der Waals surface area (Å²) in [6, 6.07) is -0.665. The van der Waals surface area contributed by atoms with Gasteiger partial charge in [0.1, 0.15) is 11.9 Å². The summed E-state index contributed by atoms with van der Waals surface area (Å²) >= 11 is 3.15. The first-order chi connectivity index (χ1) is 5.15. The van der Waals surface area contributed by atoms with Crippen molar-refractivity contribution in [1.82, 2.24) is 0 Å². The second kappa shape index (κ2) is 3.36. The van der Waals surface area contributed by atoms with Crippen LogP contribution in [-0.4, -0.2) is 19.3 Å². The summed E-state index contributed by atoms with van der Waals surface area (Å²) in [5.41, 5.74) is 5.46. The van der Waals surface area contributed by atoms with Gasteiger partial charge in [-0.05, 0) is 12.2 Å². The van der Waals surface area contributed by atoms with Crippen LogP contribution in [0.15, 0.2) is 22.4 Å². The first-order valence-corrected chi connectivity index (χ1v) is 3.97. The minimum atomic E-state index is -1.16. The molecule has 0 aromatic heterocycles. The molecule has 0 saturated carbocycles. The molecule has 0 fully saturated rings. The lowest BCUT2D eigenvalue weighted by Crippen LogP contribution is -2.34. The molecule has 2 atom stereocenters. The Labute approximate surface area is 73.0 Å². The van der Waals surface area contributed by atoms with Crippen molar-refractivity contribution < 1.29 is 9.13 Å². The van der Waals surface area contributed by atoms with Crippen molar-refractivity contribution in [1.29, 1.82) is 0 Å². The Kier molecular flexibility index (Phi) is 2.67. The highest BCUT2D eigenvalue weighted by molar-refractivity contribution is 9.11. The van der Waals surface area contributed by atoms with E-state index in [0.717, 1.165) is 0 Å². The highest BCUT2D eigenvalue weighted by Gasteiger charge is 2.23. The number of hydrogen-bond acceptors (Lipinski definition) is 2. The molecule has 0 aliphatic heterocycles. The van der Waals surface area contributed by atoms with E-state index in [0.29, 0.717) is 10.2 Å². The van der Waals surface area contributed by atoms with Gasteiger partial charge in [0, 0.05) is 4.48 Å². The number of allylic oxidation sites excluding steroid dienone is 2. The van der Waals surface area contributed by atoms with Gasteiger partial charge in [-0.15, -0.1) is 0 Å². The Morgan fingerprint density at radius 1 is 1.73 bits per heavy atom. The fraction of sp³-hybridized carbons (Fsp3) is 0.429.